The molecule has 1 aromatic heterocycles. The van der Waals surface area contributed by atoms with E-state index >= 15 is 0 Å². The maximum Gasteiger partial charge on any atom is 0.224 e. The van der Waals surface area contributed by atoms with Crippen LogP contribution in [0.2, 0.25) is 0 Å². The summed E-state index contributed by atoms with van der Waals surface area (Å²) in [5, 5.41) is 12.4. The Morgan fingerprint density at radius 1 is 1.09 bits per heavy atom. The number of nitrogens with zero attached hydrogens (tertiary/aromatic N) is 4. The van der Waals surface area contributed by atoms with E-state index in [1.807, 2.05) is 10.6 Å². The molecule has 1 saturated heterocycles. The van der Waals surface area contributed by atoms with Gasteiger partial charge in [-0.15, -0.1) is 10.2 Å². The van der Waals surface area contributed by atoms with Crippen LogP contribution in [-0.4, -0.2) is 50.2 Å². The number of aryl methyl sites for hydroxylation is 1. The van der Waals surface area contributed by atoms with Crippen molar-refractivity contribution < 1.29 is 14.0 Å². The van der Waals surface area contributed by atoms with E-state index in [9.17, 15) is 14.0 Å². The van der Waals surface area contributed by atoms with Crippen LogP contribution in [0.25, 0.3) is 5.69 Å². The Labute approximate surface area is 208 Å². The van der Waals surface area contributed by atoms with E-state index < -0.39 is 0 Å². The molecule has 3 heterocycles. The second kappa shape index (κ2) is 10.3. The standard InChI is InChI=1S/C26H28FN5O2S/c1-17(31-13-3-2-4-14-31)25-29-30-26(32(25)21-9-7-20(27)8-10-21)35-16-23(33)19-5-11-22-18(15-19)6-12-24(34)28-22/h5,7-11,15,17H,2-4,6,12-14,16H2,1H3,(H,28,34). The fourth-order valence-electron chi connectivity index (χ4n) is 4.72. The second-order valence-electron chi connectivity index (χ2n) is 9.06. The molecule has 0 spiro atoms. The molecule has 9 heteroatoms. The van der Waals surface area contributed by atoms with Crippen LogP contribution in [-0.2, 0) is 11.2 Å². The van der Waals surface area contributed by atoms with E-state index in [4.69, 9.17) is 0 Å². The number of Topliss-reactive ketones (excluding diaryl/α,β-unsaturated/α-hetero) is 1. The van der Waals surface area contributed by atoms with Crippen LogP contribution < -0.4 is 5.32 Å². The van der Waals surface area contributed by atoms with Gasteiger partial charge in [-0.3, -0.25) is 19.1 Å². The number of carbonyl (C=O) groups is 2. The molecule has 1 amide bonds. The number of fused-ring (bicyclic) bond motifs is 1. The van der Waals surface area contributed by atoms with E-state index in [1.54, 1.807) is 24.3 Å². The monoisotopic (exact) mass is 493 g/mol. The third-order valence-corrected chi connectivity index (χ3v) is 7.64. The van der Waals surface area contributed by atoms with Crippen molar-refractivity contribution in [2.75, 3.05) is 24.2 Å². The Hall–Kier alpha value is -3.04. The number of thioether (sulfide) groups is 1. The van der Waals surface area contributed by atoms with Gasteiger partial charge in [-0.2, -0.15) is 0 Å². The summed E-state index contributed by atoms with van der Waals surface area (Å²) >= 11 is 1.33. The van der Waals surface area contributed by atoms with Crippen molar-refractivity contribution in [3.05, 3.63) is 65.2 Å². The second-order valence-corrected chi connectivity index (χ2v) is 10.00. The summed E-state index contributed by atoms with van der Waals surface area (Å²) in [5.41, 5.74) is 3.14. The lowest BCUT2D eigenvalue weighted by Crippen LogP contribution is -2.33. The number of ketones is 1. The van der Waals surface area contributed by atoms with E-state index in [0.717, 1.165) is 48.7 Å². The molecule has 1 N–H and O–H groups in total. The van der Waals surface area contributed by atoms with Gasteiger partial charge < -0.3 is 5.32 Å². The maximum absolute atomic E-state index is 13.6. The smallest absolute Gasteiger partial charge is 0.224 e. The third kappa shape index (κ3) is 5.16. The first-order valence-corrected chi connectivity index (χ1v) is 13.0. The largest absolute Gasteiger partial charge is 0.326 e. The van der Waals surface area contributed by atoms with Crippen molar-refractivity contribution in [3.8, 4) is 5.69 Å². The molecule has 0 bridgehead atoms. The first-order valence-electron chi connectivity index (χ1n) is 12.0. The molecule has 1 atom stereocenters. The number of amides is 1. The first kappa shape index (κ1) is 23.7. The average Bonchev–Trinajstić information content (AvgIpc) is 3.31. The van der Waals surface area contributed by atoms with Crippen LogP contribution >= 0.6 is 11.8 Å². The van der Waals surface area contributed by atoms with Crippen LogP contribution in [0, 0.1) is 5.82 Å². The molecule has 0 saturated carbocycles. The Morgan fingerprint density at radius 2 is 1.86 bits per heavy atom. The van der Waals surface area contributed by atoms with Crippen molar-refractivity contribution in [2.24, 2.45) is 0 Å². The number of anilines is 1. The van der Waals surface area contributed by atoms with Gasteiger partial charge in [0.05, 0.1) is 11.8 Å². The highest BCUT2D eigenvalue weighted by atomic mass is 32.2. The van der Waals surface area contributed by atoms with Crippen molar-refractivity contribution >= 4 is 29.1 Å². The lowest BCUT2D eigenvalue weighted by Gasteiger charge is -2.31. The van der Waals surface area contributed by atoms with E-state index in [0.29, 0.717) is 23.6 Å². The number of hydrogen-bond acceptors (Lipinski definition) is 6. The summed E-state index contributed by atoms with van der Waals surface area (Å²) in [6, 6.07) is 11.8. The molecular weight excluding hydrogens is 465 g/mol. The lowest BCUT2D eigenvalue weighted by atomic mass is 9.99. The number of hydrogen-bond donors (Lipinski definition) is 1. The third-order valence-electron chi connectivity index (χ3n) is 6.71. The van der Waals surface area contributed by atoms with E-state index in [1.165, 1.54) is 30.3 Å². The van der Waals surface area contributed by atoms with Crippen LogP contribution in [0.3, 0.4) is 0 Å². The van der Waals surface area contributed by atoms with Gasteiger partial charge in [-0.05, 0) is 87.3 Å². The summed E-state index contributed by atoms with van der Waals surface area (Å²) < 4.78 is 15.6. The fourth-order valence-corrected chi connectivity index (χ4v) is 5.57. The highest BCUT2D eigenvalue weighted by Gasteiger charge is 2.26. The van der Waals surface area contributed by atoms with Gasteiger partial charge >= 0.3 is 0 Å². The zero-order chi connectivity index (χ0) is 24.4. The van der Waals surface area contributed by atoms with Crippen LogP contribution in [0.1, 0.15) is 60.4 Å². The van der Waals surface area contributed by atoms with Gasteiger partial charge in [0.15, 0.2) is 16.8 Å². The number of aromatic nitrogens is 3. The van der Waals surface area contributed by atoms with Crippen LogP contribution in [0.5, 0.6) is 0 Å². The number of likely N-dealkylation sites (tertiary alicyclic amines) is 1. The van der Waals surface area contributed by atoms with Crippen molar-refractivity contribution in [2.45, 2.75) is 50.2 Å². The SMILES string of the molecule is CC(c1nnc(SCC(=O)c2ccc3c(c2)CCC(=O)N3)n1-c1ccc(F)cc1)N1CCCCC1. The van der Waals surface area contributed by atoms with Gasteiger partial charge in [-0.25, -0.2) is 4.39 Å². The number of rotatable bonds is 7. The predicted molar refractivity (Wildman–Crippen MR) is 134 cm³/mol. The summed E-state index contributed by atoms with van der Waals surface area (Å²) in [7, 11) is 0. The number of benzene rings is 2. The van der Waals surface area contributed by atoms with E-state index in [2.05, 4.69) is 27.3 Å². The highest BCUT2D eigenvalue weighted by Crippen LogP contribution is 2.30. The molecule has 2 aromatic carbocycles. The van der Waals surface area contributed by atoms with E-state index in [-0.39, 0.29) is 29.3 Å². The quantitative estimate of drug-likeness (QED) is 0.376. The summed E-state index contributed by atoms with van der Waals surface area (Å²) in [6.45, 7) is 4.15. The Balaban J connectivity index is 1.38. The van der Waals surface area contributed by atoms with Gasteiger partial charge in [-0.1, -0.05) is 18.2 Å². The summed E-state index contributed by atoms with van der Waals surface area (Å²) in [6.07, 6.45) is 4.63. The molecule has 35 heavy (non-hydrogen) atoms. The predicted octanol–water partition coefficient (Wildman–Crippen LogP) is 4.81. The van der Waals surface area contributed by atoms with Crippen molar-refractivity contribution in [3.63, 3.8) is 0 Å². The van der Waals surface area contributed by atoms with Crippen molar-refractivity contribution in [1.82, 2.24) is 19.7 Å². The Kier molecular flexibility index (Phi) is 6.97. The Bertz CT molecular complexity index is 1240. The van der Waals surface area contributed by atoms with Gasteiger partial charge in [0.2, 0.25) is 5.91 Å². The minimum absolute atomic E-state index is 0.00171. The minimum Gasteiger partial charge on any atom is -0.326 e. The lowest BCUT2D eigenvalue weighted by molar-refractivity contribution is -0.116. The molecule has 0 aliphatic carbocycles. The minimum atomic E-state index is -0.305. The zero-order valence-corrected chi connectivity index (χ0v) is 20.5. The van der Waals surface area contributed by atoms with Crippen LogP contribution in [0.4, 0.5) is 10.1 Å². The number of halogens is 1. The average molecular weight is 494 g/mol. The van der Waals surface area contributed by atoms with Crippen LogP contribution in [0.15, 0.2) is 47.6 Å². The molecule has 7 nitrogen and oxygen atoms in total. The molecule has 2 aliphatic rings. The Morgan fingerprint density at radius 3 is 2.63 bits per heavy atom. The molecule has 5 rings (SSSR count). The normalized spacial score (nSPS) is 17.0. The van der Waals surface area contributed by atoms with Gasteiger partial charge in [0.1, 0.15) is 5.82 Å². The molecule has 182 valence electrons. The molecule has 0 radical (unpaired) electrons. The summed E-state index contributed by atoms with van der Waals surface area (Å²) in [5.74, 6) is 0.664. The maximum atomic E-state index is 13.6. The molecular formula is C26H28FN5O2S. The molecule has 1 fully saturated rings. The number of nitrogens with one attached hydrogen (secondary N) is 1. The molecule has 2 aliphatic heterocycles. The zero-order valence-electron chi connectivity index (χ0n) is 19.7. The molecule has 3 aromatic rings. The fraction of sp³-hybridized carbons (Fsp3) is 0.385. The summed E-state index contributed by atoms with van der Waals surface area (Å²) in [4.78, 5) is 27.0. The molecule has 1 unspecified atom stereocenters. The van der Waals surface area contributed by atoms with Crippen molar-refractivity contribution in [1.29, 1.82) is 0 Å². The topological polar surface area (TPSA) is 80.1 Å². The first-order chi connectivity index (χ1) is 17.0. The number of carbonyl (C=O) groups excluding carboxylic acids is 2. The highest BCUT2D eigenvalue weighted by molar-refractivity contribution is 7.99. The number of piperidine rings is 1. The van der Waals surface area contributed by atoms with Gasteiger partial charge in [0.25, 0.3) is 0 Å². The van der Waals surface area contributed by atoms with Gasteiger partial charge in [0, 0.05) is 23.4 Å².